The number of rotatable bonds is 16. The van der Waals surface area contributed by atoms with Crippen LogP contribution in [-0.2, 0) is 74.1 Å². The first-order chi connectivity index (χ1) is 31.6. The molecule has 0 spiro atoms. The van der Waals surface area contributed by atoms with E-state index < -0.39 is 128 Å². The highest BCUT2D eigenvalue weighted by atomic mass is 35.5. The van der Waals surface area contributed by atoms with Gasteiger partial charge in [-0.05, 0) is 56.3 Å². The largest absolute Gasteiger partial charge is 0.274 e. The van der Waals surface area contributed by atoms with Crippen molar-refractivity contribution in [3.63, 3.8) is 0 Å². The molecule has 20 nitrogen and oxygen atoms in total. The predicted octanol–water partition coefficient (Wildman–Crippen LogP) is 4.37. The lowest BCUT2D eigenvalue weighted by Crippen LogP contribution is -2.46. The van der Waals surface area contributed by atoms with Crippen LogP contribution in [0, 0.1) is 59.2 Å². The van der Waals surface area contributed by atoms with Gasteiger partial charge in [0.1, 0.15) is 0 Å². The Hall–Kier alpha value is -2.82. The lowest BCUT2D eigenvalue weighted by atomic mass is 10.2. The molecule has 10 atom stereocenters. The molecule has 5 fully saturated rings. The van der Waals surface area contributed by atoms with Crippen molar-refractivity contribution < 1.29 is 79.2 Å². The third-order valence-corrected chi connectivity index (χ3v) is 24.3. The maximum atomic E-state index is 13.5. The molecule has 0 bridgehead atoms. The summed E-state index contributed by atoms with van der Waals surface area (Å²) in [6.07, 6.45) is -1.41. The second-order valence-corrected chi connectivity index (χ2v) is 31.7. The van der Waals surface area contributed by atoms with Gasteiger partial charge in [-0.1, -0.05) is 115 Å². The number of nitrogens with one attached hydrogen (secondary N) is 5. The first kappa shape index (κ1) is 66.2. The summed E-state index contributed by atoms with van der Waals surface area (Å²) in [6.45, 7) is 26.1. The summed E-state index contributed by atoms with van der Waals surface area (Å²) >= 11 is 5.83. The zero-order valence-electron chi connectivity index (χ0n) is 43.1. The fourth-order valence-corrected chi connectivity index (χ4v) is 15.2. The summed E-state index contributed by atoms with van der Waals surface area (Å²) in [7, 11) is -19.0. The summed E-state index contributed by atoms with van der Waals surface area (Å²) in [4.78, 5) is 55.9. The van der Waals surface area contributed by atoms with Gasteiger partial charge >= 0.3 is 0 Å². The molecule has 416 valence electrons. The van der Waals surface area contributed by atoms with Gasteiger partial charge in [0, 0.05) is 41.9 Å². The summed E-state index contributed by atoms with van der Waals surface area (Å²) in [5.41, 5.74) is 0. The molecule has 5 amide bonds. The van der Waals surface area contributed by atoms with Gasteiger partial charge < -0.3 is 0 Å². The minimum Gasteiger partial charge on any atom is -0.274 e. The number of amides is 5. The van der Waals surface area contributed by atoms with Gasteiger partial charge in [0.05, 0.1) is 10.00 Å². The molecular weight excluding hydrogens is 1070 g/mol. The third kappa shape index (κ3) is 16.3. The van der Waals surface area contributed by atoms with Crippen molar-refractivity contribution in [3.8, 4) is 0 Å². The molecular formula is C42H75ClF3N5O15S5. The van der Waals surface area contributed by atoms with Gasteiger partial charge in [-0.25, -0.2) is 55.3 Å². The van der Waals surface area contributed by atoms with Crippen molar-refractivity contribution >= 4 is 91.3 Å². The number of sulfonamides is 5. The van der Waals surface area contributed by atoms with Crippen molar-refractivity contribution in [1.29, 1.82) is 0 Å². The maximum absolute atomic E-state index is 13.5. The minimum atomic E-state index is -4.29. The Bertz CT molecular complexity index is 2400. The number of alkyl halides is 4. The topological polar surface area (TPSA) is 316 Å². The lowest BCUT2D eigenvalue weighted by molar-refractivity contribution is -0.123. The first-order valence-corrected chi connectivity index (χ1v) is 30.9. The molecule has 0 aliphatic heterocycles. The average Bonchev–Trinajstić information content (AvgIpc) is 4.02. The van der Waals surface area contributed by atoms with E-state index in [-0.39, 0.29) is 53.6 Å². The fraction of sp³-hybridized carbons (Fsp3) is 0.881. The normalized spacial score (nSPS) is 30.4. The van der Waals surface area contributed by atoms with Crippen LogP contribution in [0.5, 0.6) is 0 Å². The molecule has 0 aromatic rings. The molecule has 0 aromatic carbocycles. The molecule has 5 aliphatic carbocycles. The van der Waals surface area contributed by atoms with Crippen LogP contribution in [0.2, 0.25) is 0 Å². The van der Waals surface area contributed by atoms with Crippen LogP contribution in [0.25, 0.3) is 0 Å². The Kier molecular flexibility index (Phi) is 21.8. The standard InChI is InChI=1S/C9H15F2NO3S.C9H17NO3S.C8H14ClNO3S.C8H14FNO3S.C8H15NO3S/c1-5(2)7(13)12-16(14,15)9(8(10)11)4-6(9)3;1-6(2)8(11)10-14(12,13)9(4)5-7(9)3;2*1-5(2)7(11)10-14(12,13)8(9)4-6(8)3;1-5(2)8(10)9-13(11,12)7-4-6(7)3/h5-6,8H,4H2,1-3H3,(H,12,13);6-7H,5H2,1-4H3,(H,10,11);2*5-6H,4H2,1-3H3,(H,10,11);5-7H,4H2,1-3H3,(H,9,10). The Morgan fingerprint density at radius 2 is 0.761 bits per heavy atom. The molecule has 0 saturated heterocycles. The zero-order valence-corrected chi connectivity index (χ0v) is 48.0. The molecule has 71 heavy (non-hydrogen) atoms. The maximum Gasteiger partial charge on any atom is 0.270 e. The van der Waals surface area contributed by atoms with Crippen LogP contribution in [-0.4, -0.2) is 102 Å². The molecule has 5 aliphatic rings. The van der Waals surface area contributed by atoms with E-state index >= 15 is 0 Å². The number of carbonyl (C=O) groups is 5. The second kappa shape index (κ2) is 23.4. The Labute approximate surface area is 424 Å². The average molecular weight is 1140 g/mol. The second-order valence-electron chi connectivity index (χ2n) is 21.0. The van der Waals surface area contributed by atoms with E-state index in [0.717, 1.165) is 0 Å². The van der Waals surface area contributed by atoms with Gasteiger partial charge in [0.2, 0.25) is 64.6 Å². The van der Waals surface area contributed by atoms with Crippen LogP contribution < -0.4 is 23.6 Å². The minimum absolute atomic E-state index is 0.0340. The predicted molar refractivity (Wildman–Crippen MR) is 262 cm³/mol. The quantitative estimate of drug-likeness (QED) is 0.134. The van der Waals surface area contributed by atoms with Crippen molar-refractivity contribution in [2.24, 2.45) is 59.2 Å². The zero-order chi connectivity index (χ0) is 56.4. The Balaban J connectivity index is 0.000000444. The van der Waals surface area contributed by atoms with Crippen molar-refractivity contribution in [3.05, 3.63) is 0 Å². The monoisotopic (exact) mass is 1140 g/mol. The van der Waals surface area contributed by atoms with Crippen LogP contribution in [0.3, 0.4) is 0 Å². The van der Waals surface area contributed by atoms with Gasteiger partial charge in [-0.15, -0.1) is 0 Å². The molecule has 0 radical (unpaired) electrons. The molecule has 5 saturated carbocycles. The summed E-state index contributed by atoms with van der Waals surface area (Å²) in [6, 6.07) is 0. The molecule has 5 N–H and O–H groups in total. The van der Waals surface area contributed by atoms with Crippen LogP contribution in [0.15, 0.2) is 0 Å². The summed E-state index contributed by atoms with van der Waals surface area (Å²) in [5.74, 6) is -5.66. The molecule has 0 heterocycles. The molecule has 0 aromatic heterocycles. The van der Waals surface area contributed by atoms with E-state index in [0.29, 0.717) is 19.3 Å². The van der Waals surface area contributed by atoms with Gasteiger partial charge in [-0.2, -0.15) is 0 Å². The van der Waals surface area contributed by atoms with E-state index in [4.69, 9.17) is 11.6 Å². The van der Waals surface area contributed by atoms with E-state index in [1.165, 1.54) is 27.7 Å². The van der Waals surface area contributed by atoms with Crippen LogP contribution in [0.1, 0.15) is 143 Å². The summed E-state index contributed by atoms with van der Waals surface area (Å²) in [5, 5.41) is -2.59. The van der Waals surface area contributed by atoms with E-state index in [2.05, 4.69) is 9.44 Å². The van der Waals surface area contributed by atoms with Gasteiger partial charge in [-0.3, -0.25) is 47.6 Å². The van der Waals surface area contributed by atoms with E-state index in [1.54, 1.807) is 78.7 Å². The number of carbonyl (C=O) groups excluding carboxylic acids is 5. The number of hydrogen-bond donors (Lipinski definition) is 5. The van der Waals surface area contributed by atoms with Crippen molar-refractivity contribution in [1.82, 2.24) is 23.6 Å². The number of hydrogen-bond acceptors (Lipinski definition) is 15. The summed E-state index contributed by atoms with van der Waals surface area (Å²) < 4.78 is 160. The SMILES string of the molecule is CC(C)C(=O)NS(=O)(=O)C1(C(F)F)CC1C.CC(C)C(=O)NS(=O)(=O)C1(C)CC1C.CC(C)C(=O)NS(=O)(=O)C1(Cl)CC1C.CC(C)C(=O)NS(=O)(=O)C1(F)CC1C.CC(C)C(=O)NS(=O)(=O)C1CC1C. The van der Waals surface area contributed by atoms with Crippen molar-refractivity contribution in [2.75, 3.05) is 0 Å². The van der Waals surface area contributed by atoms with E-state index in [1.807, 2.05) is 18.6 Å². The lowest BCUT2D eigenvalue weighted by Gasteiger charge is -2.18. The third-order valence-electron chi connectivity index (χ3n) is 12.8. The fourth-order valence-electron chi connectivity index (χ4n) is 6.04. The molecule has 10 unspecified atom stereocenters. The smallest absolute Gasteiger partial charge is 0.270 e. The van der Waals surface area contributed by atoms with Gasteiger partial charge in [0.25, 0.3) is 26.5 Å². The van der Waals surface area contributed by atoms with Crippen molar-refractivity contribution in [2.45, 2.75) is 173 Å². The Morgan fingerprint density at radius 3 is 1.00 bits per heavy atom. The highest BCUT2D eigenvalue weighted by Crippen LogP contribution is 2.54. The van der Waals surface area contributed by atoms with Gasteiger partial charge in [0.15, 0.2) is 8.95 Å². The highest BCUT2D eigenvalue weighted by Gasteiger charge is 2.68. The number of halogens is 4. The van der Waals surface area contributed by atoms with Crippen LogP contribution >= 0.6 is 11.6 Å². The highest BCUT2D eigenvalue weighted by molar-refractivity contribution is 7.93. The first-order valence-electron chi connectivity index (χ1n) is 23.1. The molecule has 5 rings (SSSR count). The van der Waals surface area contributed by atoms with E-state index in [9.17, 15) is 79.2 Å². The van der Waals surface area contributed by atoms with Crippen LogP contribution in [0.4, 0.5) is 13.2 Å². The Morgan fingerprint density at radius 1 is 0.479 bits per heavy atom. The molecule has 29 heteroatoms.